The molecule has 0 amide bonds. The molecule has 0 unspecified atom stereocenters. The van der Waals surface area contributed by atoms with Gasteiger partial charge in [0, 0.05) is 28.7 Å². The van der Waals surface area contributed by atoms with Crippen LogP contribution in [-0.4, -0.2) is 4.98 Å². The topological polar surface area (TPSA) is 38.9 Å². The lowest BCUT2D eigenvalue weighted by Gasteiger charge is -2.07. The molecule has 88 valence electrons. The molecule has 1 aromatic carbocycles. The third-order valence-electron chi connectivity index (χ3n) is 2.45. The minimum Gasteiger partial charge on any atom is -0.399 e. The van der Waals surface area contributed by atoms with Gasteiger partial charge in [0.25, 0.3) is 0 Å². The second-order valence-corrected chi connectivity index (χ2v) is 5.21. The lowest BCUT2D eigenvalue weighted by Crippen LogP contribution is -1.89. The van der Waals surface area contributed by atoms with Crippen molar-refractivity contribution < 1.29 is 0 Å². The van der Waals surface area contributed by atoms with Crippen LogP contribution in [-0.2, 0) is 5.75 Å². The molecule has 0 saturated heterocycles. The molecule has 0 fully saturated rings. The number of anilines is 1. The molecule has 0 bridgehead atoms. The van der Waals surface area contributed by atoms with Crippen LogP contribution in [0.15, 0.2) is 41.6 Å². The summed E-state index contributed by atoms with van der Waals surface area (Å²) in [7, 11) is 0. The van der Waals surface area contributed by atoms with Gasteiger partial charge in [0.2, 0.25) is 0 Å². The lowest BCUT2D eigenvalue weighted by molar-refractivity contribution is 1.26. The number of rotatable bonds is 3. The Labute approximate surface area is 110 Å². The fourth-order valence-corrected chi connectivity index (χ4v) is 2.79. The zero-order valence-electron chi connectivity index (χ0n) is 9.48. The van der Waals surface area contributed by atoms with E-state index < -0.39 is 0 Å². The molecule has 0 spiro atoms. The minimum atomic E-state index is 0.710. The van der Waals surface area contributed by atoms with Crippen molar-refractivity contribution in [3.8, 4) is 0 Å². The molecular weight excluding hydrogens is 252 g/mol. The fourth-order valence-electron chi connectivity index (χ4n) is 1.45. The highest BCUT2D eigenvalue weighted by Crippen LogP contribution is 2.29. The van der Waals surface area contributed by atoms with E-state index in [1.807, 2.05) is 24.3 Å². The molecule has 1 heterocycles. The summed E-state index contributed by atoms with van der Waals surface area (Å²) in [6.45, 7) is 2.08. The number of thioether (sulfide) groups is 1. The molecular formula is C13H13ClN2S. The summed E-state index contributed by atoms with van der Waals surface area (Å²) in [5, 5.41) is 0.710. The van der Waals surface area contributed by atoms with Gasteiger partial charge < -0.3 is 5.73 Å². The summed E-state index contributed by atoms with van der Waals surface area (Å²) < 4.78 is 0. The zero-order chi connectivity index (χ0) is 12.3. The van der Waals surface area contributed by atoms with Gasteiger partial charge in [-0.05, 0) is 36.2 Å². The van der Waals surface area contributed by atoms with E-state index in [0.29, 0.717) is 5.02 Å². The van der Waals surface area contributed by atoms with Gasteiger partial charge in [-0.1, -0.05) is 17.7 Å². The predicted octanol–water partition coefficient (Wildman–Crippen LogP) is 3.92. The number of nitrogens with zero attached hydrogens (tertiary/aromatic N) is 1. The van der Waals surface area contributed by atoms with E-state index in [4.69, 9.17) is 17.3 Å². The van der Waals surface area contributed by atoms with Gasteiger partial charge in [-0.15, -0.1) is 11.8 Å². The summed E-state index contributed by atoms with van der Waals surface area (Å²) in [4.78, 5) is 5.16. The lowest BCUT2D eigenvalue weighted by atomic mass is 10.2. The Morgan fingerprint density at radius 1 is 1.35 bits per heavy atom. The Bertz CT molecular complexity index is 529. The number of hydrogen-bond acceptors (Lipinski definition) is 3. The number of pyridine rings is 1. The Kier molecular flexibility index (Phi) is 3.92. The molecule has 0 radical (unpaired) electrons. The van der Waals surface area contributed by atoms with E-state index in [1.165, 1.54) is 10.5 Å². The van der Waals surface area contributed by atoms with Crippen LogP contribution in [0.3, 0.4) is 0 Å². The molecule has 0 aliphatic heterocycles. The van der Waals surface area contributed by atoms with Crippen LogP contribution in [0.1, 0.15) is 11.1 Å². The van der Waals surface area contributed by atoms with Gasteiger partial charge >= 0.3 is 0 Å². The van der Waals surface area contributed by atoms with Crippen LogP contribution in [0, 0.1) is 6.92 Å². The summed E-state index contributed by atoms with van der Waals surface area (Å²) in [5.74, 6) is 0.825. The highest BCUT2D eigenvalue weighted by Gasteiger charge is 2.03. The SMILES string of the molecule is Cc1ccc(N)cc1SCc1ccncc1Cl. The third kappa shape index (κ3) is 3.14. The molecule has 0 saturated carbocycles. The van der Waals surface area contributed by atoms with Crippen LogP contribution < -0.4 is 5.73 Å². The standard InChI is InChI=1S/C13H13ClN2S/c1-9-2-3-11(15)6-13(9)17-8-10-4-5-16-7-12(10)14/h2-7H,8,15H2,1H3. The van der Waals surface area contributed by atoms with Gasteiger partial charge in [-0.3, -0.25) is 4.98 Å². The molecule has 2 rings (SSSR count). The molecule has 1 aromatic heterocycles. The normalized spacial score (nSPS) is 10.5. The number of aromatic nitrogens is 1. The second kappa shape index (κ2) is 5.43. The quantitative estimate of drug-likeness (QED) is 0.675. The molecule has 17 heavy (non-hydrogen) atoms. The first kappa shape index (κ1) is 12.3. The molecule has 2 aromatic rings. The van der Waals surface area contributed by atoms with Gasteiger partial charge in [0.15, 0.2) is 0 Å². The largest absolute Gasteiger partial charge is 0.399 e. The molecule has 2 nitrogen and oxygen atoms in total. The van der Waals surface area contributed by atoms with Crippen LogP contribution in [0.5, 0.6) is 0 Å². The number of nitrogen functional groups attached to an aromatic ring is 1. The van der Waals surface area contributed by atoms with Crippen molar-refractivity contribution in [3.05, 3.63) is 52.8 Å². The molecule has 0 atom stereocenters. The summed E-state index contributed by atoms with van der Waals surface area (Å²) >= 11 is 7.80. The molecule has 4 heteroatoms. The summed E-state index contributed by atoms with van der Waals surface area (Å²) in [6, 6.07) is 7.89. The first-order chi connectivity index (χ1) is 8.16. The van der Waals surface area contributed by atoms with E-state index >= 15 is 0 Å². The van der Waals surface area contributed by atoms with Crippen LogP contribution in [0.2, 0.25) is 5.02 Å². The first-order valence-corrected chi connectivity index (χ1v) is 6.60. The Morgan fingerprint density at radius 2 is 2.18 bits per heavy atom. The van der Waals surface area contributed by atoms with E-state index in [0.717, 1.165) is 17.0 Å². The fraction of sp³-hybridized carbons (Fsp3) is 0.154. The predicted molar refractivity (Wildman–Crippen MR) is 74.4 cm³/mol. The van der Waals surface area contributed by atoms with Crippen molar-refractivity contribution in [1.82, 2.24) is 4.98 Å². The molecule has 0 aliphatic carbocycles. The van der Waals surface area contributed by atoms with Gasteiger partial charge in [0.05, 0.1) is 5.02 Å². The van der Waals surface area contributed by atoms with Crippen molar-refractivity contribution in [2.45, 2.75) is 17.6 Å². The van der Waals surface area contributed by atoms with E-state index in [9.17, 15) is 0 Å². The smallest absolute Gasteiger partial charge is 0.0629 e. The van der Waals surface area contributed by atoms with Crippen molar-refractivity contribution in [2.24, 2.45) is 0 Å². The maximum absolute atomic E-state index is 6.06. The van der Waals surface area contributed by atoms with Crippen LogP contribution >= 0.6 is 23.4 Å². The number of halogens is 1. The molecule has 2 N–H and O–H groups in total. The number of nitrogens with two attached hydrogens (primary N) is 1. The first-order valence-electron chi connectivity index (χ1n) is 5.24. The Morgan fingerprint density at radius 3 is 2.94 bits per heavy atom. The van der Waals surface area contributed by atoms with Crippen LogP contribution in [0.25, 0.3) is 0 Å². The highest BCUT2D eigenvalue weighted by atomic mass is 35.5. The molecule has 0 aliphatic rings. The third-order valence-corrected chi connectivity index (χ3v) is 4.00. The zero-order valence-corrected chi connectivity index (χ0v) is 11.1. The van der Waals surface area contributed by atoms with Gasteiger partial charge in [-0.2, -0.15) is 0 Å². The number of aryl methyl sites for hydroxylation is 1. The highest BCUT2D eigenvalue weighted by molar-refractivity contribution is 7.98. The monoisotopic (exact) mass is 264 g/mol. The van der Waals surface area contributed by atoms with Crippen molar-refractivity contribution in [3.63, 3.8) is 0 Å². The summed E-state index contributed by atoms with van der Waals surface area (Å²) in [6.07, 6.45) is 3.43. The number of benzene rings is 1. The summed E-state index contributed by atoms with van der Waals surface area (Å²) in [5.41, 5.74) is 8.89. The van der Waals surface area contributed by atoms with Crippen molar-refractivity contribution in [2.75, 3.05) is 5.73 Å². The average Bonchev–Trinajstić information content (AvgIpc) is 2.32. The Hall–Kier alpha value is -1.19. The van der Waals surface area contributed by atoms with E-state index in [2.05, 4.69) is 11.9 Å². The second-order valence-electron chi connectivity index (χ2n) is 3.78. The van der Waals surface area contributed by atoms with Gasteiger partial charge in [-0.25, -0.2) is 0 Å². The Balaban J connectivity index is 2.12. The van der Waals surface area contributed by atoms with Crippen molar-refractivity contribution >= 4 is 29.1 Å². The minimum absolute atomic E-state index is 0.710. The maximum atomic E-state index is 6.06. The van der Waals surface area contributed by atoms with E-state index in [1.54, 1.807) is 24.2 Å². The van der Waals surface area contributed by atoms with Crippen molar-refractivity contribution in [1.29, 1.82) is 0 Å². The van der Waals surface area contributed by atoms with E-state index in [-0.39, 0.29) is 0 Å². The van der Waals surface area contributed by atoms with Crippen LogP contribution in [0.4, 0.5) is 5.69 Å². The maximum Gasteiger partial charge on any atom is 0.0629 e. The number of hydrogen-bond donors (Lipinski definition) is 1. The van der Waals surface area contributed by atoms with Gasteiger partial charge in [0.1, 0.15) is 0 Å². The average molecular weight is 265 g/mol.